The minimum absolute atomic E-state index is 0.0808. The van der Waals surface area contributed by atoms with Crippen LogP contribution in [0.4, 0.5) is 5.69 Å². The van der Waals surface area contributed by atoms with Crippen molar-refractivity contribution in [1.29, 1.82) is 0 Å². The highest BCUT2D eigenvalue weighted by atomic mass is 16.3. The van der Waals surface area contributed by atoms with Crippen LogP contribution in [0.25, 0.3) is 6.08 Å². The van der Waals surface area contributed by atoms with Gasteiger partial charge in [0.2, 0.25) is 0 Å². The molecule has 0 bridgehead atoms. The fraction of sp³-hybridized carbons (Fsp3) is 0.0400. The Balaban J connectivity index is 1.77. The number of hydrogen-bond donors (Lipinski definition) is 1. The van der Waals surface area contributed by atoms with E-state index in [0.717, 1.165) is 11.1 Å². The van der Waals surface area contributed by atoms with Crippen molar-refractivity contribution in [2.24, 2.45) is 0 Å². The van der Waals surface area contributed by atoms with E-state index in [0.29, 0.717) is 5.69 Å². The molecule has 4 nitrogen and oxygen atoms in total. The van der Waals surface area contributed by atoms with Crippen LogP contribution in [0.5, 0.6) is 0 Å². The maximum Gasteiger partial charge on any atom is 0.294 e. The Hall–Kier alpha value is -3.92. The molecule has 29 heavy (non-hydrogen) atoms. The van der Waals surface area contributed by atoms with E-state index >= 15 is 0 Å². The lowest BCUT2D eigenvalue weighted by molar-refractivity contribution is -0.117. The first kappa shape index (κ1) is 18.4. The van der Waals surface area contributed by atoms with Gasteiger partial charge < -0.3 is 5.11 Å². The number of para-hydroxylation sites is 1. The lowest BCUT2D eigenvalue weighted by atomic mass is 9.95. The molecule has 0 radical (unpaired) electrons. The molecule has 0 fully saturated rings. The number of anilines is 1. The van der Waals surface area contributed by atoms with Crippen LogP contribution in [-0.4, -0.2) is 16.8 Å². The van der Waals surface area contributed by atoms with Gasteiger partial charge in [-0.3, -0.25) is 14.5 Å². The molecular weight excluding hydrogens is 362 g/mol. The molecule has 1 amide bonds. The molecule has 1 aliphatic heterocycles. The summed E-state index contributed by atoms with van der Waals surface area (Å²) in [4.78, 5) is 27.4. The third-order valence-electron chi connectivity index (χ3n) is 4.85. The second-order valence-corrected chi connectivity index (χ2v) is 6.69. The Morgan fingerprint density at radius 1 is 0.828 bits per heavy atom. The maximum atomic E-state index is 13.1. The van der Waals surface area contributed by atoms with Gasteiger partial charge in [-0.2, -0.15) is 0 Å². The average Bonchev–Trinajstić information content (AvgIpc) is 3.05. The molecule has 1 atom stereocenters. The van der Waals surface area contributed by atoms with Gasteiger partial charge in [0.05, 0.1) is 11.6 Å². The first-order valence-corrected chi connectivity index (χ1v) is 9.31. The molecule has 1 N–H and O–H groups in total. The Kier molecular flexibility index (Phi) is 5.08. The SMILES string of the molecule is O=C(/C=C/c1ccccc1)C1=C(O)C(=O)N(c2ccccc2)C1c1ccccc1. The van der Waals surface area contributed by atoms with Gasteiger partial charge in [-0.25, -0.2) is 0 Å². The van der Waals surface area contributed by atoms with Gasteiger partial charge in [-0.05, 0) is 29.3 Å². The third-order valence-corrected chi connectivity index (χ3v) is 4.85. The van der Waals surface area contributed by atoms with E-state index in [1.165, 1.54) is 11.0 Å². The summed E-state index contributed by atoms with van der Waals surface area (Å²) in [5, 5.41) is 10.6. The number of amides is 1. The number of hydrogen-bond acceptors (Lipinski definition) is 3. The second kappa shape index (κ2) is 7.98. The summed E-state index contributed by atoms with van der Waals surface area (Å²) in [6.45, 7) is 0. The molecule has 3 aromatic carbocycles. The van der Waals surface area contributed by atoms with Crippen molar-refractivity contribution in [3.8, 4) is 0 Å². The van der Waals surface area contributed by atoms with Crippen LogP contribution >= 0.6 is 0 Å². The molecule has 0 aromatic heterocycles. The lowest BCUT2D eigenvalue weighted by Crippen LogP contribution is -2.30. The summed E-state index contributed by atoms with van der Waals surface area (Å²) in [7, 11) is 0. The average molecular weight is 381 g/mol. The van der Waals surface area contributed by atoms with Crippen LogP contribution in [0.1, 0.15) is 17.2 Å². The number of rotatable bonds is 5. The van der Waals surface area contributed by atoms with Crippen molar-refractivity contribution >= 4 is 23.5 Å². The lowest BCUT2D eigenvalue weighted by Gasteiger charge is -2.26. The largest absolute Gasteiger partial charge is 0.503 e. The number of benzene rings is 3. The highest BCUT2D eigenvalue weighted by molar-refractivity contribution is 6.19. The molecular formula is C25H19NO3. The number of carbonyl (C=O) groups excluding carboxylic acids is 2. The fourth-order valence-electron chi connectivity index (χ4n) is 3.49. The van der Waals surface area contributed by atoms with Crippen molar-refractivity contribution in [1.82, 2.24) is 0 Å². The molecule has 0 spiro atoms. The van der Waals surface area contributed by atoms with Crippen molar-refractivity contribution in [3.63, 3.8) is 0 Å². The predicted molar refractivity (Wildman–Crippen MR) is 113 cm³/mol. The molecule has 4 rings (SSSR count). The van der Waals surface area contributed by atoms with Gasteiger partial charge in [0.25, 0.3) is 5.91 Å². The van der Waals surface area contributed by atoms with E-state index in [9.17, 15) is 14.7 Å². The van der Waals surface area contributed by atoms with Crippen LogP contribution in [0.15, 0.2) is 108 Å². The molecule has 0 aliphatic carbocycles. The molecule has 3 aromatic rings. The monoisotopic (exact) mass is 381 g/mol. The minimum Gasteiger partial charge on any atom is -0.503 e. The third kappa shape index (κ3) is 3.60. The smallest absolute Gasteiger partial charge is 0.294 e. The number of nitrogens with zero attached hydrogens (tertiary/aromatic N) is 1. The van der Waals surface area contributed by atoms with Crippen LogP contribution < -0.4 is 4.90 Å². The van der Waals surface area contributed by atoms with Gasteiger partial charge in [0.15, 0.2) is 11.5 Å². The normalized spacial score (nSPS) is 16.6. The van der Waals surface area contributed by atoms with Crippen LogP contribution in [0.3, 0.4) is 0 Å². The van der Waals surface area contributed by atoms with Crippen LogP contribution in [-0.2, 0) is 9.59 Å². The zero-order chi connectivity index (χ0) is 20.2. The highest BCUT2D eigenvalue weighted by Gasteiger charge is 2.43. The maximum absolute atomic E-state index is 13.1. The number of ketones is 1. The van der Waals surface area contributed by atoms with E-state index in [4.69, 9.17) is 0 Å². The van der Waals surface area contributed by atoms with E-state index in [2.05, 4.69) is 0 Å². The number of carbonyl (C=O) groups is 2. The van der Waals surface area contributed by atoms with Gasteiger partial charge in [0.1, 0.15) is 0 Å². The van der Waals surface area contributed by atoms with Crippen molar-refractivity contribution in [2.45, 2.75) is 6.04 Å². The second-order valence-electron chi connectivity index (χ2n) is 6.69. The summed E-state index contributed by atoms with van der Waals surface area (Å²) < 4.78 is 0. The number of allylic oxidation sites excluding steroid dienone is 1. The summed E-state index contributed by atoms with van der Waals surface area (Å²) in [6, 6.07) is 27.0. The summed E-state index contributed by atoms with van der Waals surface area (Å²) in [5.74, 6) is -1.49. The van der Waals surface area contributed by atoms with Gasteiger partial charge in [0, 0.05) is 5.69 Å². The van der Waals surface area contributed by atoms with Gasteiger partial charge in [-0.15, -0.1) is 0 Å². The Morgan fingerprint density at radius 3 is 2.00 bits per heavy atom. The Morgan fingerprint density at radius 2 is 1.38 bits per heavy atom. The minimum atomic E-state index is -0.695. The van der Waals surface area contributed by atoms with Crippen LogP contribution in [0.2, 0.25) is 0 Å². The van der Waals surface area contributed by atoms with E-state index < -0.39 is 23.5 Å². The topological polar surface area (TPSA) is 57.6 Å². The Labute approximate surface area is 169 Å². The highest BCUT2D eigenvalue weighted by Crippen LogP contribution is 2.40. The molecule has 142 valence electrons. The first-order valence-electron chi connectivity index (χ1n) is 9.31. The number of aliphatic hydroxyl groups is 1. The van der Waals surface area contributed by atoms with E-state index in [1.54, 1.807) is 18.2 Å². The van der Waals surface area contributed by atoms with Gasteiger partial charge in [-0.1, -0.05) is 84.9 Å². The quantitative estimate of drug-likeness (QED) is 0.642. The van der Waals surface area contributed by atoms with E-state index in [1.807, 2.05) is 78.9 Å². The predicted octanol–water partition coefficient (Wildman–Crippen LogP) is 4.87. The van der Waals surface area contributed by atoms with Gasteiger partial charge >= 0.3 is 0 Å². The summed E-state index contributed by atoms with van der Waals surface area (Å²) >= 11 is 0. The first-order chi connectivity index (χ1) is 14.2. The molecule has 1 unspecified atom stereocenters. The summed E-state index contributed by atoms with van der Waals surface area (Å²) in [5.41, 5.74) is 2.32. The molecule has 0 saturated heterocycles. The molecule has 1 heterocycles. The van der Waals surface area contributed by atoms with E-state index in [-0.39, 0.29) is 5.57 Å². The molecule has 1 aliphatic rings. The summed E-state index contributed by atoms with van der Waals surface area (Å²) in [6.07, 6.45) is 3.08. The zero-order valence-corrected chi connectivity index (χ0v) is 15.6. The molecule has 0 saturated carbocycles. The van der Waals surface area contributed by atoms with Crippen LogP contribution in [0, 0.1) is 0 Å². The zero-order valence-electron chi connectivity index (χ0n) is 15.6. The Bertz CT molecular complexity index is 1090. The van der Waals surface area contributed by atoms with Crippen molar-refractivity contribution < 1.29 is 14.7 Å². The molecule has 4 heteroatoms. The van der Waals surface area contributed by atoms with Crippen molar-refractivity contribution in [2.75, 3.05) is 4.90 Å². The van der Waals surface area contributed by atoms with Crippen molar-refractivity contribution in [3.05, 3.63) is 120 Å². The number of aliphatic hydroxyl groups excluding tert-OH is 1. The standard InChI is InChI=1S/C25H19NO3/c27-21(17-16-18-10-4-1-5-11-18)22-23(19-12-6-2-7-13-19)26(25(29)24(22)28)20-14-8-3-9-15-20/h1-17,23,28H/b17-16+. The fourth-order valence-corrected chi connectivity index (χ4v) is 3.49.